The van der Waals surface area contributed by atoms with Gasteiger partial charge in [-0.1, -0.05) is 18.2 Å². The summed E-state index contributed by atoms with van der Waals surface area (Å²) in [6.45, 7) is 4.84. The van der Waals surface area contributed by atoms with Crippen LogP contribution < -0.4 is 9.64 Å². The van der Waals surface area contributed by atoms with Crippen molar-refractivity contribution in [3.05, 3.63) is 47.5 Å². The SMILES string of the molecule is C=NC(=O)[C@@H]1C(CO)[C@H](CO)ON1Cc1cccc(-c2cc(C(=O)O)cc(N(C)C)c2)c1OCC. The number of carboxylic acids is 1. The third-order valence-electron chi connectivity index (χ3n) is 5.97. The molecule has 0 aliphatic carbocycles. The Balaban J connectivity index is 2.09. The molecular weight excluding hydrogens is 454 g/mol. The summed E-state index contributed by atoms with van der Waals surface area (Å²) in [4.78, 5) is 35.4. The van der Waals surface area contributed by atoms with E-state index in [2.05, 4.69) is 11.7 Å². The second-order valence-corrected chi connectivity index (χ2v) is 8.38. The number of carbonyl (C=O) groups excluding carboxylic acids is 1. The van der Waals surface area contributed by atoms with Crippen LogP contribution in [0.2, 0.25) is 0 Å². The number of aliphatic hydroxyl groups is 2. The van der Waals surface area contributed by atoms with Crippen molar-refractivity contribution >= 4 is 24.3 Å². The first-order valence-corrected chi connectivity index (χ1v) is 11.2. The molecule has 1 aliphatic rings. The molecule has 1 saturated heterocycles. The van der Waals surface area contributed by atoms with Crippen molar-refractivity contribution in [1.82, 2.24) is 5.06 Å². The molecule has 1 amide bonds. The number of nitrogens with zero attached hydrogens (tertiary/aromatic N) is 3. The smallest absolute Gasteiger partial charge is 0.335 e. The van der Waals surface area contributed by atoms with Crippen molar-refractivity contribution < 1.29 is 34.5 Å². The number of carboxylic acid groups (broad SMARTS) is 1. The first-order chi connectivity index (χ1) is 16.7. The number of hydrogen-bond acceptors (Lipinski definition) is 8. The van der Waals surface area contributed by atoms with Crippen LogP contribution in [-0.2, 0) is 16.2 Å². The molecule has 0 spiro atoms. The molecular formula is C25H31N3O7. The summed E-state index contributed by atoms with van der Waals surface area (Å²) in [5, 5.41) is 30.5. The van der Waals surface area contributed by atoms with Crippen molar-refractivity contribution in [3.8, 4) is 16.9 Å². The van der Waals surface area contributed by atoms with Crippen LogP contribution in [0.25, 0.3) is 11.1 Å². The lowest BCUT2D eigenvalue weighted by Gasteiger charge is -2.24. The van der Waals surface area contributed by atoms with Gasteiger partial charge >= 0.3 is 5.97 Å². The van der Waals surface area contributed by atoms with Crippen molar-refractivity contribution in [2.75, 3.05) is 38.8 Å². The molecule has 0 aromatic heterocycles. The number of aliphatic imine (C=N–C) groups is 1. The fourth-order valence-corrected chi connectivity index (χ4v) is 4.22. The Morgan fingerprint density at radius 1 is 1.20 bits per heavy atom. The van der Waals surface area contributed by atoms with E-state index in [0.717, 1.165) is 5.69 Å². The number of ether oxygens (including phenoxy) is 1. The van der Waals surface area contributed by atoms with Crippen molar-refractivity contribution in [3.63, 3.8) is 0 Å². The van der Waals surface area contributed by atoms with Crippen molar-refractivity contribution in [2.45, 2.75) is 25.6 Å². The lowest BCUT2D eigenvalue weighted by molar-refractivity contribution is -0.180. The average Bonchev–Trinajstić information content (AvgIpc) is 3.21. The zero-order valence-electron chi connectivity index (χ0n) is 20.0. The van der Waals surface area contributed by atoms with E-state index in [-0.39, 0.29) is 25.3 Å². The first kappa shape index (κ1) is 26.3. The maximum Gasteiger partial charge on any atom is 0.335 e. The molecule has 3 N–H and O–H groups in total. The van der Waals surface area contributed by atoms with Gasteiger partial charge in [0, 0.05) is 36.8 Å². The quantitative estimate of drug-likeness (QED) is 0.431. The second-order valence-electron chi connectivity index (χ2n) is 8.38. The number of benzene rings is 2. The number of anilines is 1. The Morgan fingerprint density at radius 3 is 2.51 bits per heavy atom. The van der Waals surface area contributed by atoms with E-state index >= 15 is 0 Å². The molecule has 3 rings (SSSR count). The summed E-state index contributed by atoms with van der Waals surface area (Å²) in [5.41, 5.74) is 2.87. The molecule has 1 aliphatic heterocycles. The van der Waals surface area contributed by atoms with Gasteiger partial charge in [-0.15, -0.1) is 0 Å². The zero-order valence-corrected chi connectivity index (χ0v) is 20.0. The number of carbonyl (C=O) groups is 2. The summed E-state index contributed by atoms with van der Waals surface area (Å²) in [6, 6.07) is 9.58. The molecule has 1 unspecified atom stereocenters. The largest absolute Gasteiger partial charge is 0.493 e. The average molecular weight is 486 g/mol. The first-order valence-electron chi connectivity index (χ1n) is 11.2. The van der Waals surface area contributed by atoms with E-state index in [0.29, 0.717) is 29.0 Å². The van der Waals surface area contributed by atoms with Gasteiger partial charge in [0.25, 0.3) is 5.91 Å². The highest BCUT2D eigenvalue weighted by molar-refractivity contribution is 5.92. The summed E-state index contributed by atoms with van der Waals surface area (Å²) in [5.74, 6) is -1.78. The van der Waals surface area contributed by atoms with Gasteiger partial charge in [-0.2, -0.15) is 5.06 Å². The number of rotatable bonds is 10. The molecule has 3 atom stereocenters. The molecule has 0 bridgehead atoms. The molecule has 10 nitrogen and oxygen atoms in total. The second kappa shape index (κ2) is 11.4. The monoisotopic (exact) mass is 485 g/mol. The highest BCUT2D eigenvalue weighted by Crippen LogP contribution is 2.38. The van der Waals surface area contributed by atoms with Crippen molar-refractivity contribution in [2.24, 2.45) is 10.9 Å². The zero-order chi connectivity index (χ0) is 25.7. The van der Waals surface area contributed by atoms with Gasteiger partial charge in [0.05, 0.1) is 31.9 Å². The van der Waals surface area contributed by atoms with E-state index in [4.69, 9.17) is 9.57 Å². The Kier molecular flexibility index (Phi) is 8.57. The summed E-state index contributed by atoms with van der Waals surface area (Å²) in [7, 11) is 3.66. The summed E-state index contributed by atoms with van der Waals surface area (Å²) < 4.78 is 6.00. The minimum absolute atomic E-state index is 0.0985. The van der Waals surface area contributed by atoms with Crippen LogP contribution in [0.5, 0.6) is 5.75 Å². The van der Waals surface area contributed by atoms with Crippen molar-refractivity contribution in [1.29, 1.82) is 0 Å². The fraction of sp³-hybridized carbons (Fsp3) is 0.400. The number of hydroxylamine groups is 2. The predicted octanol–water partition coefficient (Wildman–Crippen LogP) is 1.83. The topological polar surface area (TPSA) is 132 Å². The normalized spacial score (nSPS) is 20.0. The lowest BCUT2D eigenvalue weighted by Crippen LogP contribution is -2.40. The molecule has 1 fully saturated rings. The molecule has 2 aromatic rings. The number of aliphatic hydroxyl groups excluding tert-OH is 2. The van der Waals surface area contributed by atoms with Gasteiger partial charge in [0.2, 0.25) is 0 Å². The number of amides is 1. The minimum atomic E-state index is -1.04. The highest BCUT2D eigenvalue weighted by Gasteiger charge is 2.46. The number of para-hydroxylation sites is 1. The van der Waals surface area contributed by atoms with Crippen LogP contribution >= 0.6 is 0 Å². The Bertz CT molecular complexity index is 1090. The maximum atomic E-state index is 12.5. The standard InChI is InChI=1S/C25H31N3O7/c1-5-34-23-15(12-28-22(24(31)26-2)20(13-29)21(14-30)35-28)7-6-8-19(23)16-9-17(25(32)33)11-18(10-16)27(3)4/h6-11,20-22,29-30H,2,5,12-14H2,1,3-4H3,(H,32,33)/t20?,21-,22-/m0/s1. The fourth-order valence-electron chi connectivity index (χ4n) is 4.22. The van der Waals surface area contributed by atoms with Gasteiger partial charge in [0.1, 0.15) is 17.9 Å². The van der Waals surface area contributed by atoms with E-state index in [1.165, 1.54) is 5.06 Å². The van der Waals surface area contributed by atoms with Crippen LogP contribution in [0, 0.1) is 5.92 Å². The molecule has 188 valence electrons. The van der Waals surface area contributed by atoms with Crippen LogP contribution in [-0.4, -0.2) is 85.0 Å². The van der Waals surface area contributed by atoms with Gasteiger partial charge in [0.15, 0.2) is 0 Å². The van der Waals surface area contributed by atoms with Crippen LogP contribution in [0.4, 0.5) is 5.69 Å². The lowest BCUT2D eigenvalue weighted by atomic mass is 9.94. The number of aromatic carboxylic acids is 1. The molecule has 1 heterocycles. The molecule has 0 saturated carbocycles. The Labute approximate surface area is 204 Å². The molecule has 10 heteroatoms. The maximum absolute atomic E-state index is 12.5. The Hall–Kier alpha value is -3.31. The highest BCUT2D eigenvalue weighted by atomic mass is 16.7. The van der Waals surface area contributed by atoms with E-state index in [9.17, 15) is 24.9 Å². The van der Waals surface area contributed by atoms with Gasteiger partial charge in [-0.3, -0.25) is 9.63 Å². The predicted molar refractivity (Wildman–Crippen MR) is 131 cm³/mol. The third kappa shape index (κ3) is 5.51. The molecule has 2 aromatic carbocycles. The third-order valence-corrected chi connectivity index (χ3v) is 5.97. The summed E-state index contributed by atoms with van der Waals surface area (Å²) in [6.07, 6.45) is -0.774. The summed E-state index contributed by atoms with van der Waals surface area (Å²) >= 11 is 0. The van der Waals surface area contributed by atoms with Gasteiger partial charge in [-0.05, 0) is 37.4 Å². The molecule has 0 radical (unpaired) electrons. The minimum Gasteiger partial charge on any atom is -0.493 e. The van der Waals surface area contributed by atoms with E-state index in [1.807, 2.05) is 50.2 Å². The van der Waals surface area contributed by atoms with E-state index in [1.54, 1.807) is 12.1 Å². The van der Waals surface area contributed by atoms with Crippen LogP contribution in [0.15, 0.2) is 41.4 Å². The van der Waals surface area contributed by atoms with E-state index < -0.39 is 29.9 Å². The Morgan fingerprint density at radius 2 is 1.94 bits per heavy atom. The molecule has 35 heavy (non-hydrogen) atoms. The van der Waals surface area contributed by atoms with Crippen LogP contribution in [0.1, 0.15) is 22.8 Å². The van der Waals surface area contributed by atoms with Gasteiger partial charge in [-0.25, -0.2) is 9.79 Å². The van der Waals surface area contributed by atoms with Crippen LogP contribution in [0.3, 0.4) is 0 Å². The van der Waals surface area contributed by atoms with Gasteiger partial charge < -0.3 is 25.0 Å². The number of hydrogen-bond donors (Lipinski definition) is 3.